The number of rotatable bonds is 3. The van der Waals surface area contributed by atoms with Gasteiger partial charge in [-0.3, -0.25) is 4.79 Å². The minimum atomic E-state index is -0.248. The summed E-state index contributed by atoms with van der Waals surface area (Å²) in [5.74, 6) is 0.716. The van der Waals surface area contributed by atoms with E-state index in [9.17, 15) is 4.79 Å². The van der Waals surface area contributed by atoms with Gasteiger partial charge >= 0.3 is 0 Å². The Bertz CT molecular complexity index is 944. The molecule has 3 aromatic rings. The highest BCUT2D eigenvalue weighted by Gasteiger charge is 2.20. The van der Waals surface area contributed by atoms with Gasteiger partial charge in [-0.05, 0) is 29.8 Å². The lowest BCUT2D eigenvalue weighted by Gasteiger charge is -2.30. The molecule has 0 saturated carbocycles. The minimum Gasteiger partial charge on any atom is -0.342 e. The van der Waals surface area contributed by atoms with Gasteiger partial charge in [-0.2, -0.15) is 10.1 Å². The predicted octanol–water partition coefficient (Wildman–Crippen LogP) is 3.41. The molecule has 4 rings (SSSR count). The van der Waals surface area contributed by atoms with Gasteiger partial charge in [0.25, 0.3) is 5.56 Å². The number of hydrogen-bond donors (Lipinski definition) is 0. The highest BCUT2D eigenvalue weighted by Crippen LogP contribution is 2.27. The fourth-order valence-corrected chi connectivity index (χ4v) is 3.71. The van der Waals surface area contributed by atoms with Crippen molar-refractivity contribution in [2.24, 2.45) is 0 Å². The van der Waals surface area contributed by atoms with Crippen molar-refractivity contribution in [2.75, 3.05) is 10.8 Å². The zero-order valence-electron chi connectivity index (χ0n) is 13.3. The third-order valence-electron chi connectivity index (χ3n) is 3.97. The SMILES string of the molecule is O=c1nc2n(nc1Cc1ccccc1)CN(c1ccc(Cl)cc1)CS2. The number of thioether (sulfide) groups is 1. The quantitative estimate of drug-likeness (QED) is 0.707. The van der Waals surface area contributed by atoms with Crippen LogP contribution in [-0.2, 0) is 13.1 Å². The largest absolute Gasteiger partial charge is 0.342 e. The van der Waals surface area contributed by atoms with Gasteiger partial charge in [0.2, 0.25) is 0 Å². The fourth-order valence-electron chi connectivity index (χ4n) is 2.69. The minimum absolute atomic E-state index is 0.248. The maximum Gasteiger partial charge on any atom is 0.295 e. The van der Waals surface area contributed by atoms with Gasteiger partial charge in [0, 0.05) is 17.1 Å². The second kappa shape index (κ2) is 6.90. The maximum absolute atomic E-state index is 12.3. The van der Waals surface area contributed by atoms with Gasteiger partial charge in [-0.15, -0.1) is 0 Å². The van der Waals surface area contributed by atoms with Crippen LogP contribution in [0.15, 0.2) is 64.5 Å². The first kappa shape index (κ1) is 16.2. The fraction of sp³-hybridized carbons (Fsp3) is 0.167. The van der Waals surface area contributed by atoms with Crippen molar-refractivity contribution < 1.29 is 0 Å². The van der Waals surface area contributed by atoms with Crippen molar-refractivity contribution in [1.29, 1.82) is 0 Å². The number of benzene rings is 2. The van der Waals surface area contributed by atoms with E-state index in [2.05, 4.69) is 15.0 Å². The number of nitrogens with zero attached hydrogens (tertiary/aromatic N) is 4. The van der Waals surface area contributed by atoms with E-state index in [-0.39, 0.29) is 5.56 Å². The Labute approximate surface area is 154 Å². The van der Waals surface area contributed by atoms with Crippen LogP contribution in [0.3, 0.4) is 0 Å². The van der Waals surface area contributed by atoms with Crippen molar-refractivity contribution in [3.8, 4) is 0 Å². The number of anilines is 1. The highest BCUT2D eigenvalue weighted by atomic mass is 35.5. The van der Waals surface area contributed by atoms with Gasteiger partial charge in [0.05, 0.1) is 5.88 Å². The molecule has 0 N–H and O–H groups in total. The van der Waals surface area contributed by atoms with E-state index < -0.39 is 0 Å². The van der Waals surface area contributed by atoms with Crippen molar-refractivity contribution in [3.05, 3.63) is 81.2 Å². The number of halogens is 1. The molecular formula is C18H15ClN4OS. The predicted molar refractivity (Wildman–Crippen MR) is 100 cm³/mol. The van der Waals surface area contributed by atoms with E-state index in [1.807, 2.05) is 54.6 Å². The Kier molecular flexibility index (Phi) is 4.46. The lowest BCUT2D eigenvalue weighted by Crippen LogP contribution is -2.35. The topological polar surface area (TPSA) is 51.0 Å². The van der Waals surface area contributed by atoms with Gasteiger partial charge in [0.1, 0.15) is 12.4 Å². The van der Waals surface area contributed by atoms with Crippen LogP contribution < -0.4 is 10.5 Å². The van der Waals surface area contributed by atoms with E-state index in [4.69, 9.17) is 11.6 Å². The lowest BCUT2D eigenvalue weighted by atomic mass is 10.1. The number of aromatic nitrogens is 3. The first-order valence-corrected chi connectivity index (χ1v) is 9.21. The summed E-state index contributed by atoms with van der Waals surface area (Å²) in [5.41, 5.74) is 2.33. The highest BCUT2D eigenvalue weighted by molar-refractivity contribution is 7.99. The Hall–Kier alpha value is -2.31. The van der Waals surface area contributed by atoms with Gasteiger partial charge in [0.15, 0.2) is 5.16 Å². The molecule has 0 unspecified atom stereocenters. The molecule has 0 aliphatic carbocycles. The Morgan fingerprint density at radius 2 is 1.84 bits per heavy atom. The second-order valence-corrected chi connectivity index (χ2v) is 7.09. The van der Waals surface area contributed by atoms with Crippen molar-refractivity contribution in [3.63, 3.8) is 0 Å². The molecule has 0 radical (unpaired) electrons. The Balaban J connectivity index is 1.61. The second-order valence-electron chi connectivity index (χ2n) is 5.74. The van der Waals surface area contributed by atoms with E-state index in [1.54, 1.807) is 4.68 Å². The van der Waals surface area contributed by atoms with Crippen molar-refractivity contribution in [2.45, 2.75) is 18.2 Å². The molecule has 7 heteroatoms. The Morgan fingerprint density at radius 1 is 1.08 bits per heavy atom. The molecule has 1 aliphatic rings. The zero-order valence-corrected chi connectivity index (χ0v) is 14.9. The first-order chi connectivity index (χ1) is 12.2. The van der Waals surface area contributed by atoms with Gasteiger partial charge in [-0.25, -0.2) is 4.68 Å². The lowest BCUT2D eigenvalue weighted by molar-refractivity contribution is 0.486. The summed E-state index contributed by atoms with van der Waals surface area (Å²) in [6.45, 7) is 0.555. The molecule has 0 bridgehead atoms. The third kappa shape index (κ3) is 3.55. The van der Waals surface area contributed by atoms with Crippen LogP contribution in [0.4, 0.5) is 5.69 Å². The molecule has 0 amide bonds. The van der Waals surface area contributed by atoms with Crippen LogP contribution in [0, 0.1) is 0 Å². The molecule has 25 heavy (non-hydrogen) atoms. The average Bonchev–Trinajstić information content (AvgIpc) is 2.64. The third-order valence-corrected chi connectivity index (χ3v) is 5.22. The summed E-state index contributed by atoms with van der Waals surface area (Å²) in [6.07, 6.45) is 0.485. The molecule has 2 aromatic carbocycles. The molecule has 2 heterocycles. The maximum atomic E-state index is 12.3. The summed E-state index contributed by atoms with van der Waals surface area (Å²) in [5, 5.41) is 5.92. The summed E-state index contributed by atoms with van der Waals surface area (Å²) in [4.78, 5) is 18.6. The van der Waals surface area contributed by atoms with E-state index in [0.717, 1.165) is 11.3 Å². The van der Waals surface area contributed by atoms with Gasteiger partial charge in [-0.1, -0.05) is 53.7 Å². The zero-order chi connectivity index (χ0) is 17.2. The normalized spacial score (nSPS) is 13.6. The summed E-state index contributed by atoms with van der Waals surface area (Å²) >= 11 is 7.47. The van der Waals surface area contributed by atoms with Crippen LogP contribution in [0.1, 0.15) is 11.3 Å². The molecule has 126 valence electrons. The smallest absolute Gasteiger partial charge is 0.295 e. The van der Waals surface area contributed by atoms with E-state index in [0.29, 0.717) is 34.8 Å². The molecule has 1 aromatic heterocycles. The van der Waals surface area contributed by atoms with Crippen LogP contribution in [0.25, 0.3) is 0 Å². The van der Waals surface area contributed by atoms with Crippen LogP contribution in [-0.4, -0.2) is 20.6 Å². The molecule has 0 spiro atoms. The average molecular weight is 371 g/mol. The molecule has 0 fully saturated rings. The summed E-state index contributed by atoms with van der Waals surface area (Å²) in [7, 11) is 0. The van der Waals surface area contributed by atoms with Crippen LogP contribution >= 0.6 is 23.4 Å². The summed E-state index contributed by atoms with van der Waals surface area (Å²) < 4.78 is 1.79. The number of fused-ring (bicyclic) bond motifs is 1. The molecular weight excluding hydrogens is 356 g/mol. The Morgan fingerprint density at radius 3 is 2.60 bits per heavy atom. The number of hydrogen-bond acceptors (Lipinski definition) is 5. The molecule has 5 nitrogen and oxygen atoms in total. The molecule has 0 saturated heterocycles. The van der Waals surface area contributed by atoms with E-state index >= 15 is 0 Å². The first-order valence-electron chi connectivity index (χ1n) is 7.84. The summed E-state index contributed by atoms with van der Waals surface area (Å²) in [6, 6.07) is 17.5. The van der Waals surface area contributed by atoms with Crippen molar-refractivity contribution in [1.82, 2.24) is 14.8 Å². The van der Waals surface area contributed by atoms with Crippen molar-refractivity contribution >= 4 is 29.1 Å². The molecule has 0 atom stereocenters. The van der Waals surface area contributed by atoms with Crippen LogP contribution in [0.2, 0.25) is 5.02 Å². The monoisotopic (exact) mass is 370 g/mol. The van der Waals surface area contributed by atoms with Crippen LogP contribution in [0.5, 0.6) is 0 Å². The standard InChI is InChI=1S/C18H15ClN4OS/c19-14-6-8-15(9-7-14)22-11-23-18(25-12-22)20-17(24)16(21-23)10-13-4-2-1-3-5-13/h1-9H,10-12H2. The van der Waals surface area contributed by atoms with E-state index in [1.165, 1.54) is 11.8 Å². The molecule has 1 aliphatic heterocycles. The van der Waals surface area contributed by atoms with Gasteiger partial charge < -0.3 is 4.90 Å².